The van der Waals surface area contributed by atoms with Gasteiger partial charge in [-0.2, -0.15) is 0 Å². The highest BCUT2D eigenvalue weighted by Gasteiger charge is 2.12. The van der Waals surface area contributed by atoms with Gasteiger partial charge >= 0.3 is 0 Å². The number of nitrogens with zero attached hydrogens (tertiary/aromatic N) is 2. The van der Waals surface area contributed by atoms with Gasteiger partial charge in [-0.15, -0.1) is 0 Å². The van der Waals surface area contributed by atoms with Crippen molar-refractivity contribution in [3.63, 3.8) is 0 Å². The van der Waals surface area contributed by atoms with Gasteiger partial charge in [0.1, 0.15) is 6.33 Å². The Morgan fingerprint density at radius 3 is 2.47 bits per heavy atom. The molecule has 0 saturated carbocycles. The van der Waals surface area contributed by atoms with Gasteiger partial charge in [0.15, 0.2) is 0 Å². The van der Waals surface area contributed by atoms with Gasteiger partial charge in [-0.25, -0.2) is 9.97 Å². The van der Waals surface area contributed by atoms with Crippen LogP contribution in [-0.4, -0.2) is 16.5 Å². The van der Waals surface area contributed by atoms with Crippen molar-refractivity contribution < 1.29 is 0 Å². The molecule has 3 heteroatoms. The predicted octanol–water partition coefficient (Wildman–Crippen LogP) is 2.56. The molecule has 0 fully saturated rings. The van der Waals surface area contributed by atoms with Crippen molar-refractivity contribution in [1.82, 2.24) is 15.3 Å². The maximum Gasteiger partial charge on any atom is 0.115 e. The lowest BCUT2D eigenvalue weighted by molar-refractivity contribution is 0.428. The summed E-state index contributed by atoms with van der Waals surface area (Å²) in [5.74, 6) is 0.680. The Labute approximate surface area is 92.3 Å². The fourth-order valence-electron chi connectivity index (χ4n) is 1.62. The molecule has 3 nitrogen and oxygen atoms in total. The zero-order valence-corrected chi connectivity index (χ0v) is 9.90. The second-order valence-corrected chi connectivity index (χ2v) is 4.31. The van der Waals surface area contributed by atoms with Crippen molar-refractivity contribution in [2.45, 2.75) is 39.7 Å². The molecule has 0 radical (unpaired) electrons. The van der Waals surface area contributed by atoms with Gasteiger partial charge in [-0.05, 0) is 25.3 Å². The van der Waals surface area contributed by atoms with Crippen molar-refractivity contribution in [3.8, 4) is 0 Å². The van der Waals surface area contributed by atoms with E-state index in [0.717, 1.165) is 19.4 Å². The summed E-state index contributed by atoms with van der Waals surface area (Å²) in [7, 11) is 0. The number of hydrogen-bond acceptors (Lipinski definition) is 3. The Bertz CT molecular complexity index is 259. The SMILES string of the molecule is CCCNC(CC(C)C)c1cncnc1. The largest absolute Gasteiger partial charge is 0.310 e. The Balaban J connectivity index is 2.63. The van der Waals surface area contributed by atoms with Gasteiger partial charge < -0.3 is 5.32 Å². The summed E-state index contributed by atoms with van der Waals surface area (Å²) in [5, 5.41) is 3.54. The van der Waals surface area contributed by atoms with Crippen LogP contribution in [0.25, 0.3) is 0 Å². The molecule has 0 aromatic carbocycles. The molecule has 1 N–H and O–H groups in total. The molecule has 0 amide bonds. The molecule has 1 rings (SSSR count). The van der Waals surface area contributed by atoms with Crippen LogP contribution in [0.3, 0.4) is 0 Å². The smallest absolute Gasteiger partial charge is 0.115 e. The molecule has 84 valence electrons. The average Bonchev–Trinajstić information content (AvgIpc) is 2.25. The number of nitrogens with one attached hydrogen (secondary N) is 1. The lowest BCUT2D eigenvalue weighted by atomic mass is 9.99. The fraction of sp³-hybridized carbons (Fsp3) is 0.667. The van der Waals surface area contributed by atoms with Gasteiger partial charge in [0.25, 0.3) is 0 Å². The van der Waals surface area contributed by atoms with E-state index in [1.807, 2.05) is 12.4 Å². The van der Waals surface area contributed by atoms with Crippen molar-refractivity contribution in [2.75, 3.05) is 6.54 Å². The first-order valence-electron chi connectivity index (χ1n) is 5.72. The summed E-state index contributed by atoms with van der Waals surface area (Å²) < 4.78 is 0. The molecule has 1 aromatic heterocycles. The maximum absolute atomic E-state index is 4.07. The highest BCUT2D eigenvalue weighted by molar-refractivity contribution is 5.09. The molecular weight excluding hydrogens is 186 g/mol. The van der Waals surface area contributed by atoms with Crippen molar-refractivity contribution in [1.29, 1.82) is 0 Å². The number of aromatic nitrogens is 2. The van der Waals surface area contributed by atoms with Crippen LogP contribution in [0, 0.1) is 5.92 Å². The van der Waals surface area contributed by atoms with E-state index in [9.17, 15) is 0 Å². The van der Waals surface area contributed by atoms with Crippen LogP contribution in [0.1, 0.15) is 45.2 Å². The monoisotopic (exact) mass is 207 g/mol. The molecule has 1 atom stereocenters. The topological polar surface area (TPSA) is 37.8 Å². The molecule has 15 heavy (non-hydrogen) atoms. The first-order chi connectivity index (χ1) is 7.24. The summed E-state index contributed by atoms with van der Waals surface area (Å²) in [4.78, 5) is 8.14. The van der Waals surface area contributed by atoms with Gasteiger partial charge in [0, 0.05) is 24.0 Å². The van der Waals surface area contributed by atoms with Gasteiger partial charge in [-0.1, -0.05) is 20.8 Å². The van der Waals surface area contributed by atoms with Crippen LogP contribution >= 0.6 is 0 Å². The quantitative estimate of drug-likeness (QED) is 0.779. The molecular formula is C12H21N3. The standard InChI is InChI=1S/C12H21N3/c1-4-5-15-12(6-10(2)3)11-7-13-9-14-8-11/h7-10,12,15H,4-6H2,1-3H3. The van der Waals surface area contributed by atoms with E-state index in [2.05, 4.69) is 36.1 Å². The van der Waals surface area contributed by atoms with E-state index < -0.39 is 0 Å². The van der Waals surface area contributed by atoms with Gasteiger partial charge in [0.05, 0.1) is 0 Å². The molecule has 0 aliphatic heterocycles. The molecule has 0 aliphatic rings. The summed E-state index contributed by atoms with van der Waals surface area (Å²) in [6.45, 7) is 7.71. The lowest BCUT2D eigenvalue weighted by Crippen LogP contribution is -2.23. The first-order valence-corrected chi connectivity index (χ1v) is 5.72. The van der Waals surface area contributed by atoms with Crippen LogP contribution in [0.2, 0.25) is 0 Å². The summed E-state index contributed by atoms with van der Waals surface area (Å²) >= 11 is 0. The van der Waals surface area contributed by atoms with Crippen LogP contribution in [-0.2, 0) is 0 Å². The minimum Gasteiger partial charge on any atom is -0.310 e. The normalized spacial score (nSPS) is 13.1. The zero-order valence-electron chi connectivity index (χ0n) is 9.90. The molecule has 0 saturated heterocycles. The zero-order chi connectivity index (χ0) is 11.1. The maximum atomic E-state index is 4.07. The van der Waals surface area contributed by atoms with E-state index >= 15 is 0 Å². The van der Waals surface area contributed by atoms with Crippen LogP contribution < -0.4 is 5.32 Å². The molecule has 1 aromatic rings. The van der Waals surface area contributed by atoms with Gasteiger partial charge in [-0.3, -0.25) is 0 Å². The molecule has 1 unspecified atom stereocenters. The predicted molar refractivity (Wildman–Crippen MR) is 62.5 cm³/mol. The number of hydrogen-bond donors (Lipinski definition) is 1. The van der Waals surface area contributed by atoms with E-state index in [1.165, 1.54) is 5.56 Å². The second kappa shape index (κ2) is 6.51. The average molecular weight is 207 g/mol. The van der Waals surface area contributed by atoms with Crippen molar-refractivity contribution in [3.05, 3.63) is 24.3 Å². The Hall–Kier alpha value is -0.960. The van der Waals surface area contributed by atoms with E-state index in [4.69, 9.17) is 0 Å². The van der Waals surface area contributed by atoms with Crippen LogP contribution in [0.5, 0.6) is 0 Å². The molecule has 1 heterocycles. The van der Waals surface area contributed by atoms with Crippen LogP contribution in [0.15, 0.2) is 18.7 Å². The number of rotatable bonds is 6. The van der Waals surface area contributed by atoms with E-state index in [1.54, 1.807) is 6.33 Å². The second-order valence-electron chi connectivity index (χ2n) is 4.31. The third-order valence-corrected chi connectivity index (χ3v) is 2.33. The van der Waals surface area contributed by atoms with Gasteiger partial charge in [0.2, 0.25) is 0 Å². The fourth-order valence-corrected chi connectivity index (χ4v) is 1.62. The first kappa shape index (κ1) is 12.1. The highest BCUT2D eigenvalue weighted by Crippen LogP contribution is 2.19. The van der Waals surface area contributed by atoms with Crippen LogP contribution in [0.4, 0.5) is 0 Å². The summed E-state index contributed by atoms with van der Waals surface area (Å²) in [5.41, 5.74) is 1.19. The Morgan fingerprint density at radius 1 is 1.27 bits per heavy atom. The minimum absolute atomic E-state index is 0.395. The Morgan fingerprint density at radius 2 is 1.93 bits per heavy atom. The Kier molecular flexibility index (Phi) is 5.26. The summed E-state index contributed by atoms with van der Waals surface area (Å²) in [6, 6.07) is 0.395. The van der Waals surface area contributed by atoms with Crippen molar-refractivity contribution in [2.24, 2.45) is 5.92 Å². The molecule has 0 spiro atoms. The van der Waals surface area contributed by atoms with E-state index in [-0.39, 0.29) is 0 Å². The van der Waals surface area contributed by atoms with Crippen molar-refractivity contribution >= 4 is 0 Å². The third-order valence-electron chi connectivity index (χ3n) is 2.33. The third kappa shape index (κ3) is 4.38. The molecule has 0 bridgehead atoms. The molecule has 0 aliphatic carbocycles. The minimum atomic E-state index is 0.395. The highest BCUT2D eigenvalue weighted by atomic mass is 14.9. The van der Waals surface area contributed by atoms with E-state index in [0.29, 0.717) is 12.0 Å². The summed E-state index contributed by atoms with van der Waals surface area (Å²) in [6.07, 6.45) is 7.68. The lowest BCUT2D eigenvalue weighted by Gasteiger charge is -2.20.